The Morgan fingerprint density at radius 2 is 2.33 bits per heavy atom. The molecule has 1 unspecified atom stereocenters. The molecule has 96 valence electrons. The Hall–Kier alpha value is -1.83. The molecule has 1 atom stereocenters. The quantitative estimate of drug-likeness (QED) is 0.838. The second-order valence-electron chi connectivity index (χ2n) is 3.98. The standard InChI is InChI=1S/C10H10F2N4O2/c11-10(12)16-3-1-7(14-16)9-13-8(15-18-9)6-2-4-17-5-6/h1,3,6,10H,2,4-5H2. The van der Waals surface area contributed by atoms with Gasteiger partial charge in [-0.3, -0.25) is 0 Å². The molecular formula is C10H10F2N4O2. The molecule has 2 aromatic heterocycles. The molecular weight excluding hydrogens is 246 g/mol. The summed E-state index contributed by atoms with van der Waals surface area (Å²) in [5.74, 6) is 0.796. The first-order valence-corrected chi connectivity index (χ1v) is 5.49. The van der Waals surface area contributed by atoms with Gasteiger partial charge in [0, 0.05) is 18.7 Å². The lowest BCUT2D eigenvalue weighted by atomic mass is 10.1. The molecule has 3 heterocycles. The van der Waals surface area contributed by atoms with Gasteiger partial charge in [-0.15, -0.1) is 0 Å². The molecule has 6 nitrogen and oxygen atoms in total. The summed E-state index contributed by atoms with van der Waals surface area (Å²) < 4.78 is 35.5. The van der Waals surface area contributed by atoms with Gasteiger partial charge in [0.1, 0.15) is 0 Å². The minimum atomic E-state index is -2.68. The summed E-state index contributed by atoms with van der Waals surface area (Å²) in [5, 5.41) is 7.48. The van der Waals surface area contributed by atoms with Crippen LogP contribution < -0.4 is 0 Å². The van der Waals surface area contributed by atoms with E-state index >= 15 is 0 Å². The van der Waals surface area contributed by atoms with Gasteiger partial charge in [0.15, 0.2) is 11.5 Å². The van der Waals surface area contributed by atoms with Crippen LogP contribution in [-0.2, 0) is 4.74 Å². The summed E-state index contributed by atoms with van der Waals surface area (Å²) in [6, 6.07) is 1.41. The summed E-state index contributed by atoms with van der Waals surface area (Å²) in [7, 11) is 0. The van der Waals surface area contributed by atoms with Gasteiger partial charge in [-0.25, -0.2) is 4.68 Å². The highest BCUT2D eigenvalue weighted by molar-refractivity contribution is 5.45. The minimum Gasteiger partial charge on any atom is -0.381 e. The van der Waals surface area contributed by atoms with Gasteiger partial charge in [0.05, 0.1) is 6.61 Å². The van der Waals surface area contributed by atoms with Crippen LogP contribution in [0.3, 0.4) is 0 Å². The lowest BCUT2D eigenvalue weighted by Gasteiger charge is -1.97. The predicted molar refractivity (Wildman–Crippen MR) is 54.9 cm³/mol. The number of aromatic nitrogens is 4. The normalized spacial score (nSPS) is 19.8. The van der Waals surface area contributed by atoms with E-state index in [1.807, 2.05) is 0 Å². The van der Waals surface area contributed by atoms with Crippen LogP contribution in [0.1, 0.15) is 24.7 Å². The number of rotatable bonds is 3. The van der Waals surface area contributed by atoms with Crippen LogP contribution in [0.4, 0.5) is 8.78 Å². The van der Waals surface area contributed by atoms with Crippen molar-refractivity contribution in [2.75, 3.05) is 13.2 Å². The molecule has 1 aliphatic heterocycles. The molecule has 1 fully saturated rings. The van der Waals surface area contributed by atoms with Crippen molar-refractivity contribution in [1.82, 2.24) is 19.9 Å². The zero-order valence-corrected chi connectivity index (χ0v) is 9.29. The van der Waals surface area contributed by atoms with Gasteiger partial charge in [-0.05, 0) is 12.5 Å². The molecule has 1 aliphatic rings. The van der Waals surface area contributed by atoms with Crippen LogP contribution in [0.25, 0.3) is 11.6 Å². The van der Waals surface area contributed by atoms with Gasteiger partial charge in [-0.1, -0.05) is 5.16 Å². The molecule has 0 bridgehead atoms. The van der Waals surface area contributed by atoms with E-state index in [0.717, 1.165) is 6.42 Å². The number of alkyl halides is 2. The Balaban J connectivity index is 1.83. The Labute approximate surface area is 101 Å². The van der Waals surface area contributed by atoms with Gasteiger partial charge >= 0.3 is 6.55 Å². The number of hydrogen-bond acceptors (Lipinski definition) is 5. The smallest absolute Gasteiger partial charge is 0.333 e. The maximum absolute atomic E-state index is 12.4. The largest absolute Gasteiger partial charge is 0.381 e. The third-order valence-corrected chi connectivity index (χ3v) is 2.76. The SMILES string of the molecule is FC(F)n1ccc(-c2nc(C3CCOC3)no2)n1. The summed E-state index contributed by atoms with van der Waals surface area (Å²) in [5.41, 5.74) is 0.243. The van der Waals surface area contributed by atoms with Gasteiger partial charge in [-0.2, -0.15) is 18.9 Å². The first-order chi connectivity index (χ1) is 8.74. The monoisotopic (exact) mass is 256 g/mol. The molecule has 0 spiro atoms. The molecule has 0 aliphatic carbocycles. The molecule has 0 amide bonds. The van der Waals surface area contributed by atoms with Gasteiger partial charge in [0.2, 0.25) is 0 Å². The lowest BCUT2D eigenvalue weighted by Crippen LogP contribution is -2.00. The fourth-order valence-electron chi connectivity index (χ4n) is 1.80. The third-order valence-electron chi connectivity index (χ3n) is 2.76. The molecule has 0 saturated carbocycles. The second kappa shape index (κ2) is 4.45. The van der Waals surface area contributed by atoms with Crippen LogP contribution in [0, 0.1) is 0 Å². The predicted octanol–water partition coefficient (Wildman–Crippen LogP) is 1.83. The first-order valence-electron chi connectivity index (χ1n) is 5.49. The fourth-order valence-corrected chi connectivity index (χ4v) is 1.80. The van der Waals surface area contributed by atoms with Crippen molar-refractivity contribution in [3.8, 4) is 11.6 Å². The van der Waals surface area contributed by atoms with Crippen molar-refractivity contribution < 1.29 is 18.0 Å². The molecule has 0 radical (unpaired) electrons. The Bertz CT molecular complexity index is 533. The summed E-state index contributed by atoms with van der Waals surface area (Å²) in [6.07, 6.45) is 2.01. The van der Waals surface area contributed by atoms with Crippen molar-refractivity contribution in [1.29, 1.82) is 0 Å². The molecule has 1 saturated heterocycles. The summed E-state index contributed by atoms with van der Waals surface area (Å²) in [6.45, 7) is -1.44. The highest BCUT2D eigenvalue weighted by atomic mass is 19.3. The topological polar surface area (TPSA) is 66.0 Å². The Kier molecular flexibility index (Phi) is 2.78. The lowest BCUT2D eigenvalue weighted by molar-refractivity contribution is 0.0568. The van der Waals surface area contributed by atoms with Gasteiger partial charge < -0.3 is 9.26 Å². The highest BCUT2D eigenvalue weighted by Crippen LogP contribution is 2.25. The molecule has 2 aromatic rings. The van der Waals surface area contributed by atoms with Crippen molar-refractivity contribution in [3.05, 3.63) is 18.1 Å². The van der Waals surface area contributed by atoms with E-state index in [1.54, 1.807) is 0 Å². The van der Waals surface area contributed by atoms with Crippen LogP contribution in [0.2, 0.25) is 0 Å². The minimum absolute atomic E-state index is 0.111. The average molecular weight is 256 g/mol. The van der Waals surface area contributed by atoms with Gasteiger partial charge in [0.25, 0.3) is 5.89 Å². The molecule has 8 heteroatoms. The zero-order chi connectivity index (χ0) is 12.5. The molecule has 3 rings (SSSR count). The molecule has 0 aromatic carbocycles. The number of hydrogen-bond donors (Lipinski definition) is 0. The van der Waals surface area contributed by atoms with Crippen LogP contribution in [-0.4, -0.2) is 33.1 Å². The van der Waals surface area contributed by atoms with Crippen LogP contribution >= 0.6 is 0 Å². The third kappa shape index (κ3) is 1.99. The number of ether oxygens (including phenoxy) is 1. The van der Waals surface area contributed by atoms with E-state index in [2.05, 4.69) is 15.2 Å². The van der Waals surface area contributed by atoms with E-state index < -0.39 is 6.55 Å². The summed E-state index contributed by atoms with van der Waals surface area (Å²) >= 11 is 0. The van der Waals surface area contributed by atoms with E-state index in [0.29, 0.717) is 23.7 Å². The fraction of sp³-hybridized carbons (Fsp3) is 0.500. The second-order valence-corrected chi connectivity index (χ2v) is 3.98. The highest BCUT2D eigenvalue weighted by Gasteiger charge is 2.24. The summed E-state index contributed by atoms with van der Waals surface area (Å²) in [4.78, 5) is 4.16. The van der Waals surface area contributed by atoms with E-state index in [-0.39, 0.29) is 17.5 Å². The Morgan fingerprint density at radius 3 is 3.00 bits per heavy atom. The average Bonchev–Trinajstić information content (AvgIpc) is 3.10. The van der Waals surface area contributed by atoms with Crippen molar-refractivity contribution in [3.63, 3.8) is 0 Å². The number of nitrogens with zero attached hydrogens (tertiary/aromatic N) is 4. The van der Waals surface area contributed by atoms with Crippen molar-refractivity contribution in [2.24, 2.45) is 0 Å². The molecule has 0 N–H and O–H groups in total. The maximum atomic E-state index is 12.4. The first kappa shape index (κ1) is 11.3. The van der Waals surface area contributed by atoms with E-state index in [4.69, 9.17) is 9.26 Å². The maximum Gasteiger partial charge on any atom is 0.333 e. The van der Waals surface area contributed by atoms with Crippen molar-refractivity contribution >= 4 is 0 Å². The van der Waals surface area contributed by atoms with Crippen molar-refractivity contribution in [2.45, 2.75) is 18.9 Å². The van der Waals surface area contributed by atoms with Crippen LogP contribution in [0.15, 0.2) is 16.8 Å². The zero-order valence-electron chi connectivity index (χ0n) is 9.29. The Morgan fingerprint density at radius 1 is 1.44 bits per heavy atom. The van der Waals surface area contributed by atoms with E-state index in [1.165, 1.54) is 12.3 Å². The van der Waals surface area contributed by atoms with Crippen LogP contribution in [0.5, 0.6) is 0 Å². The molecule has 18 heavy (non-hydrogen) atoms. The van der Waals surface area contributed by atoms with E-state index in [9.17, 15) is 8.78 Å². The number of halogens is 2.